The minimum atomic E-state index is -5.61. The number of unbranched alkanes of at least 4 members (excludes halogenated alkanes) is 18. The van der Waals surface area contributed by atoms with Crippen LogP contribution >= 0.6 is 23.5 Å². The predicted octanol–water partition coefficient (Wildman–Crippen LogP) is 9.40. The molecule has 1 saturated carbocycles. The first-order chi connectivity index (χ1) is 32.8. The number of aliphatic hydroxyl groups is 3. The first-order valence-corrected chi connectivity index (χ1v) is 29.5. The molecule has 8 N–H and O–H groups in total. The second kappa shape index (κ2) is 38.7. The van der Waals surface area contributed by atoms with Crippen LogP contribution in [-0.2, 0) is 50.9 Å². The summed E-state index contributed by atoms with van der Waals surface area (Å²) < 4.78 is 65.5. The average Bonchev–Trinajstić information content (AvgIpc) is 3.28. The molecule has 0 aromatic carbocycles. The minimum Gasteiger partial charge on any atom is -0.462 e. The first kappa shape index (κ1) is 65.1. The molecule has 8 atom stereocenters. The van der Waals surface area contributed by atoms with Crippen molar-refractivity contribution in [2.75, 3.05) is 13.2 Å². The van der Waals surface area contributed by atoms with Crippen molar-refractivity contribution in [2.24, 2.45) is 0 Å². The third-order valence-corrected chi connectivity index (χ3v) is 13.1. The average molecular weight is 1050 g/mol. The lowest BCUT2D eigenvalue weighted by atomic mass is 9.85. The van der Waals surface area contributed by atoms with Crippen molar-refractivity contribution < 1.29 is 90.6 Å². The number of esters is 2. The molecule has 1 aliphatic carbocycles. The number of ether oxygens (including phenoxy) is 2. The van der Waals surface area contributed by atoms with Crippen LogP contribution in [0.4, 0.5) is 0 Å². The van der Waals surface area contributed by atoms with Gasteiger partial charge in [-0.05, 0) is 77.0 Å². The van der Waals surface area contributed by atoms with Gasteiger partial charge in [0, 0.05) is 12.8 Å². The summed E-state index contributed by atoms with van der Waals surface area (Å²) in [6.45, 7) is 2.89. The van der Waals surface area contributed by atoms with Crippen molar-refractivity contribution in [3.8, 4) is 0 Å². The Bertz CT molecular complexity index is 1630. The van der Waals surface area contributed by atoms with Gasteiger partial charge in [0.05, 0.1) is 6.61 Å². The SMILES string of the molecule is CCCCC/C=C\C/C=C\C/C=C\CCCCCCC(=O)OC[C@H](COP(=O)(O)O[C@H]1C(O)C(O)C(OP(=O)(O)O)[C@@H](OP(=O)(O)O)C1O)OC(=O)CCCCCCC/C=C\CCCCCCCC. The smallest absolute Gasteiger partial charge is 0.462 e. The van der Waals surface area contributed by atoms with Crippen LogP contribution in [0.1, 0.15) is 181 Å². The largest absolute Gasteiger partial charge is 0.472 e. The Hall–Kier alpha value is -1.89. The summed E-state index contributed by atoms with van der Waals surface area (Å²) in [7, 11) is -16.6. The maximum atomic E-state index is 13.1. The van der Waals surface area contributed by atoms with Gasteiger partial charge in [0.2, 0.25) is 0 Å². The molecule has 5 unspecified atom stereocenters. The number of rotatable bonds is 42. The second-order valence-electron chi connectivity index (χ2n) is 17.4. The molecular weight excluding hydrogens is 961 g/mol. The molecule has 0 spiro atoms. The van der Waals surface area contributed by atoms with Crippen LogP contribution in [0.2, 0.25) is 0 Å². The number of phosphoric ester groups is 3. The number of aliphatic hydroxyl groups excluding tert-OH is 3. The summed E-state index contributed by atoms with van der Waals surface area (Å²) in [5.41, 5.74) is 0. The molecule has 1 fully saturated rings. The van der Waals surface area contributed by atoms with E-state index < -0.39 is 91.3 Å². The summed E-state index contributed by atoms with van der Waals surface area (Å²) in [5.74, 6) is -1.33. The highest BCUT2D eigenvalue weighted by atomic mass is 31.2. The Morgan fingerprint density at radius 1 is 0.464 bits per heavy atom. The zero-order valence-corrected chi connectivity index (χ0v) is 43.6. The maximum absolute atomic E-state index is 13.1. The van der Waals surface area contributed by atoms with Gasteiger partial charge in [0.25, 0.3) is 0 Å². The van der Waals surface area contributed by atoms with Crippen molar-refractivity contribution in [1.29, 1.82) is 0 Å². The molecule has 19 nitrogen and oxygen atoms in total. The fourth-order valence-electron chi connectivity index (χ4n) is 7.35. The standard InChI is InChI=1S/C47H85O19P3/c1-3-5-7-9-11-13-15-17-19-20-22-23-25-27-29-31-33-35-40(48)61-37-39(63-41(49)36-34-32-30-28-26-24-21-18-16-14-12-10-8-6-4-2)38-62-69(59,60)66-45-42(50)43(51)46(64-67(53,54)55)47(44(45)52)65-68(56,57)58/h11,13,17-19,21-23,39,42-47,50-52H,3-10,12,14-16,20,24-38H2,1-2H3,(H,59,60)(H2,53,54,55)(H2,56,57,58)/b13-11-,19-17-,21-18-,23-22-/t39-,42?,43?,44?,45+,46?,47+/m1/s1. The summed E-state index contributed by atoms with van der Waals surface area (Å²) in [6.07, 6.45) is 25.5. The maximum Gasteiger partial charge on any atom is 0.472 e. The van der Waals surface area contributed by atoms with Gasteiger partial charge < -0.3 is 49.3 Å². The lowest BCUT2D eigenvalue weighted by Crippen LogP contribution is -2.65. The highest BCUT2D eigenvalue weighted by Crippen LogP contribution is 2.51. The molecule has 0 aliphatic heterocycles. The van der Waals surface area contributed by atoms with Gasteiger partial charge in [-0.25, -0.2) is 13.7 Å². The van der Waals surface area contributed by atoms with E-state index in [1.807, 2.05) is 0 Å². The van der Waals surface area contributed by atoms with E-state index in [0.717, 1.165) is 83.5 Å². The summed E-state index contributed by atoms with van der Waals surface area (Å²) in [4.78, 5) is 73.3. The quantitative estimate of drug-likeness (QED) is 0.0122. The fourth-order valence-corrected chi connectivity index (χ4v) is 9.44. The van der Waals surface area contributed by atoms with Gasteiger partial charge in [-0.3, -0.25) is 27.7 Å². The molecule has 0 heterocycles. The molecule has 69 heavy (non-hydrogen) atoms. The molecule has 0 saturated heterocycles. The van der Waals surface area contributed by atoms with E-state index in [4.69, 9.17) is 18.5 Å². The topological polar surface area (TPSA) is 303 Å². The number of hydrogen-bond donors (Lipinski definition) is 8. The lowest BCUT2D eigenvalue weighted by molar-refractivity contribution is -0.213. The van der Waals surface area contributed by atoms with Crippen LogP contribution in [0.3, 0.4) is 0 Å². The van der Waals surface area contributed by atoms with Gasteiger partial charge in [-0.15, -0.1) is 0 Å². The zero-order valence-electron chi connectivity index (χ0n) is 40.9. The third-order valence-electron chi connectivity index (χ3n) is 11.1. The molecule has 0 bridgehead atoms. The molecule has 22 heteroatoms. The molecule has 0 amide bonds. The van der Waals surface area contributed by atoms with Gasteiger partial charge in [-0.1, -0.05) is 140 Å². The Morgan fingerprint density at radius 3 is 1.33 bits per heavy atom. The number of phosphoric acid groups is 3. The van der Waals surface area contributed by atoms with E-state index in [1.54, 1.807) is 0 Å². The molecule has 0 aromatic heterocycles. The molecule has 0 radical (unpaired) electrons. The van der Waals surface area contributed by atoms with Crippen LogP contribution in [0.25, 0.3) is 0 Å². The van der Waals surface area contributed by atoms with Crippen molar-refractivity contribution in [3.63, 3.8) is 0 Å². The predicted molar refractivity (Wildman–Crippen MR) is 261 cm³/mol. The van der Waals surface area contributed by atoms with Gasteiger partial charge >= 0.3 is 35.4 Å². The number of allylic oxidation sites excluding steroid dienone is 8. The molecule has 1 aliphatic rings. The van der Waals surface area contributed by atoms with Crippen molar-refractivity contribution in [2.45, 2.75) is 224 Å². The highest BCUT2D eigenvalue weighted by Gasteiger charge is 2.56. The van der Waals surface area contributed by atoms with Gasteiger partial charge in [0.15, 0.2) is 6.10 Å². The van der Waals surface area contributed by atoms with Crippen LogP contribution in [-0.4, -0.2) is 108 Å². The summed E-state index contributed by atoms with van der Waals surface area (Å²) >= 11 is 0. The normalized spacial score (nSPS) is 21.7. The summed E-state index contributed by atoms with van der Waals surface area (Å²) in [5, 5.41) is 31.9. The molecule has 1 rings (SSSR count). The van der Waals surface area contributed by atoms with Crippen LogP contribution in [0, 0.1) is 0 Å². The van der Waals surface area contributed by atoms with E-state index in [1.165, 1.54) is 57.8 Å². The number of carbonyl (C=O) groups excluding carboxylic acids is 2. The van der Waals surface area contributed by atoms with E-state index >= 15 is 0 Å². The van der Waals surface area contributed by atoms with Crippen LogP contribution in [0.5, 0.6) is 0 Å². The van der Waals surface area contributed by atoms with E-state index in [-0.39, 0.29) is 12.8 Å². The monoisotopic (exact) mass is 1050 g/mol. The van der Waals surface area contributed by atoms with E-state index in [2.05, 4.69) is 71.5 Å². The second-order valence-corrected chi connectivity index (χ2v) is 21.2. The van der Waals surface area contributed by atoms with Crippen molar-refractivity contribution >= 4 is 35.4 Å². The molecular formula is C47H85O19P3. The Balaban J connectivity index is 2.73. The Labute approximate surface area is 410 Å². The van der Waals surface area contributed by atoms with Gasteiger partial charge in [-0.2, -0.15) is 0 Å². The van der Waals surface area contributed by atoms with Crippen molar-refractivity contribution in [3.05, 3.63) is 48.6 Å². The minimum absolute atomic E-state index is 0.0181. The zero-order chi connectivity index (χ0) is 51.4. The lowest BCUT2D eigenvalue weighted by Gasteiger charge is -2.44. The number of carbonyl (C=O) groups is 2. The van der Waals surface area contributed by atoms with Gasteiger partial charge in [0.1, 0.15) is 43.2 Å². The summed E-state index contributed by atoms with van der Waals surface area (Å²) in [6, 6.07) is 0. The molecule has 402 valence electrons. The molecule has 0 aromatic rings. The third kappa shape index (κ3) is 35.0. The van der Waals surface area contributed by atoms with Crippen molar-refractivity contribution in [1.82, 2.24) is 0 Å². The van der Waals surface area contributed by atoms with Crippen LogP contribution < -0.4 is 0 Å². The Kier molecular flexibility index (Phi) is 36.5. The Morgan fingerprint density at radius 2 is 0.841 bits per heavy atom. The van der Waals surface area contributed by atoms with Crippen LogP contribution in [0.15, 0.2) is 48.6 Å². The number of hydrogen-bond acceptors (Lipinski definition) is 14. The fraction of sp³-hybridized carbons (Fsp3) is 0.787. The highest BCUT2D eigenvalue weighted by molar-refractivity contribution is 7.47. The van der Waals surface area contributed by atoms with E-state index in [9.17, 15) is 63.1 Å². The first-order valence-electron chi connectivity index (χ1n) is 24.9. The van der Waals surface area contributed by atoms with E-state index in [0.29, 0.717) is 12.8 Å².